The number of fused-ring (bicyclic) bond motifs is 1. The zero-order valence-electron chi connectivity index (χ0n) is 16.9. The van der Waals surface area contributed by atoms with Crippen LogP contribution in [-0.2, 0) is 9.59 Å². The summed E-state index contributed by atoms with van der Waals surface area (Å²) >= 11 is 0. The zero-order valence-corrected chi connectivity index (χ0v) is 16.9. The number of carbonyl (C=O) groups excluding carboxylic acids is 2. The molecule has 2 aromatic carbocycles. The second kappa shape index (κ2) is 7.82. The number of para-hydroxylation sites is 1. The van der Waals surface area contributed by atoms with Crippen molar-refractivity contribution in [2.45, 2.75) is 26.8 Å². The van der Waals surface area contributed by atoms with E-state index in [0.29, 0.717) is 22.9 Å². The molecular weight excluding hydrogens is 380 g/mol. The van der Waals surface area contributed by atoms with Gasteiger partial charge in [-0.2, -0.15) is 10.1 Å². The average Bonchev–Trinajstić information content (AvgIpc) is 3.17. The van der Waals surface area contributed by atoms with E-state index >= 15 is 0 Å². The lowest BCUT2D eigenvalue weighted by Gasteiger charge is -2.29. The van der Waals surface area contributed by atoms with E-state index in [-0.39, 0.29) is 11.8 Å². The molecule has 0 aliphatic carbocycles. The van der Waals surface area contributed by atoms with Crippen LogP contribution in [0.4, 0.5) is 17.3 Å². The molecule has 1 aliphatic rings. The molecule has 0 fully saturated rings. The van der Waals surface area contributed by atoms with Crippen molar-refractivity contribution < 1.29 is 9.59 Å². The standard InChI is InChI=1S/C22H22N6O2/c1-13-6-4-5-7-18(13)27-21(30)19-14(2)25-22-23-12-24-28(22)20(19)16-8-10-17(11-9-16)26-15(3)29/h4-12,20H,1-3H3,(H,26,29)(H,27,30)(H,23,24,25)/t20-/m0/s1. The van der Waals surface area contributed by atoms with Crippen molar-refractivity contribution in [3.05, 3.63) is 77.3 Å². The van der Waals surface area contributed by atoms with Crippen molar-refractivity contribution in [1.29, 1.82) is 0 Å². The van der Waals surface area contributed by atoms with Gasteiger partial charge in [0.15, 0.2) is 0 Å². The summed E-state index contributed by atoms with van der Waals surface area (Å²) in [7, 11) is 0. The summed E-state index contributed by atoms with van der Waals surface area (Å²) in [5, 5.41) is 13.3. The number of benzene rings is 2. The number of hydrogen-bond acceptors (Lipinski definition) is 5. The Labute approximate surface area is 174 Å². The predicted octanol–water partition coefficient (Wildman–Crippen LogP) is 3.47. The van der Waals surface area contributed by atoms with E-state index in [2.05, 4.69) is 26.0 Å². The van der Waals surface area contributed by atoms with Crippen molar-refractivity contribution >= 4 is 29.1 Å². The molecule has 3 N–H and O–H groups in total. The maximum Gasteiger partial charge on any atom is 0.255 e. The Kier molecular flexibility index (Phi) is 5.05. The molecule has 0 spiro atoms. The fourth-order valence-corrected chi connectivity index (χ4v) is 3.55. The van der Waals surface area contributed by atoms with Gasteiger partial charge in [-0.05, 0) is 43.2 Å². The van der Waals surface area contributed by atoms with Crippen molar-refractivity contribution in [2.24, 2.45) is 0 Å². The van der Waals surface area contributed by atoms with Gasteiger partial charge in [-0.3, -0.25) is 9.59 Å². The van der Waals surface area contributed by atoms with Crippen LogP contribution in [0.3, 0.4) is 0 Å². The summed E-state index contributed by atoms with van der Waals surface area (Å²) in [6.07, 6.45) is 1.45. The number of rotatable bonds is 4. The number of hydrogen-bond donors (Lipinski definition) is 3. The lowest BCUT2D eigenvalue weighted by atomic mass is 9.94. The van der Waals surface area contributed by atoms with Crippen molar-refractivity contribution in [3.8, 4) is 0 Å². The number of aryl methyl sites for hydroxylation is 1. The summed E-state index contributed by atoms with van der Waals surface area (Å²) in [4.78, 5) is 28.9. The van der Waals surface area contributed by atoms with Gasteiger partial charge in [0, 0.05) is 24.0 Å². The summed E-state index contributed by atoms with van der Waals surface area (Å²) in [5.41, 5.74) is 4.52. The fourth-order valence-electron chi connectivity index (χ4n) is 3.55. The molecule has 1 aromatic heterocycles. The molecule has 0 radical (unpaired) electrons. The minimum absolute atomic E-state index is 0.141. The van der Waals surface area contributed by atoms with Crippen LogP contribution in [-0.4, -0.2) is 26.6 Å². The second-order valence-electron chi connectivity index (χ2n) is 7.17. The molecule has 30 heavy (non-hydrogen) atoms. The molecule has 2 amide bonds. The van der Waals surface area contributed by atoms with E-state index in [1.54, 1.807) is 4.68 Å². The minimum atomic E-state index is -0.459. The largest absolute Gasteiger partial charge is 0.328 e. The van der Waals surface area contributed by atoms with Crippen LogP contribution in [0.5, 0.6) is 0 Å². The highest BCUT2D eigenvalue weighted by Crippen LogP contribution is 2.35. The van der Waals surface area contributed by atoms with E-state index in [1.165, 1.54) is 13.3 Å². The molecule has 3 aromatic rings. The molecule has 0 saturated heterocycles. The molecule has 152 valence electrons. The molecule has 4 rings (SSSR count). The van der Waals surface area contributed by atoms with Crippen molar-refractivity contribution in [2.75, 3.05) is 16.0 Å². The topological polar surface area (TPSA) is 101 Å². The third kappa shape index (κ3) is 3.67. The van der Waals surface area contributed by atoms with E-state index < -0.39 is 6.04 Å². The van der Waals surface area contributed by atoms with Crippen molar-refractivity contribution in [1.82, 2.24) is 14.8 Å². The first-order valence-electron chi connectivity index (χ1n) is 9.56. The fraction of sp³-hybridized carbons (Fsp3) is 0.182. The number of nitrogens with one attached hydrogen (secondary N) is 3. The third-order valence-electron chi connectivity index (χ3n) is 4.98. The first-order chi connectivity index (χ1) is 14.4. The van der Waals surface area contributed by atoms with E-state index in [0.717, 1.165) is 16.8 Å². The highest BCUT2D eigenvalue weighted by Gasteiger charge is 2.33. The molecule has 0 bridgehead atoms. The quantitative estimate of drug-likeness (QED) is 0.620. The summed E-state index contributed by atoms with van der Waals surface area (Å²) < 4.78 is 1.69. The smallest absolute Gasteiger partial charge is 0.255 e. The van der Waals surface area contributed by atoms with E-state index in [4.69, 9.17) is 0 Å². The first kappa shape index (κ1) is 19.4. The maximum atomic E-state index is 13.3. The number of amides is 2. The van der Waals surface area contributed by atoms with Crippen LogP contribution in [0.15, 0.2) is 66.1 Å². The molecule has 1 atom stereocenters. The Morgan fingerprint density at radius 2 is 1.77 bits per heavy atom. The first-order valence-corrected chi connectivity index (χ1v) is 9.56. The molecule has 1 aliphatic heterocycles. The third-order valence-corrected chi connectivity index (χ3v) is 4.98. The van der Waals surface area contributed by atoms with Gasteiger partial charge in [0.25, 0.3) is 5.91 Å². The second-order valence-corrected chi connectivity index (χ2v) is 7.17. The molecule has 8 nitrogen and oxygen atoms in total. The molecular formula is C22H22N6O2. The summed E-state index contributed by atoms with van der Waals surface area (Å²) in [6.45, 7) is 5.26. The van der Waals surface area contributed by atoms with Crippen LogP contribution in [0.2, 0.25) is 0 Å². The Bertz CT molecular complexity index is 1150. The van der Waals surface area contributed by atoms with Crippen molar-refractivity contribution in [3.63, 3.8) is 0 Å². The number of nitrogens with zero attached hydrogens (tertiary/aromatic N) is 3. The molecule has 8 heteroatoms. The van der Waals surface area contributed by atoms with Crippen LogP contribution < -0.4 is 16.0 Å². The van der Waals surface area contributed by atoms with Crippen LogP contribution in [0.25, 0.3) is 0 Å². The summed E-state index contributed by atoms with van der Waals surface area (Å²) in [6, 6.07) is 14.5. The minimum Gasteiger partial charge on any atom is -0.328 e. The monoisotopic (exact) mass is 402 g/mol. The lowest BCUT2D eigenvalue weighted by molar-refractivity contribution is -0.114. The van der Waals surface area contributed by atoms with Gasteiger partial charge in [0.1, 0.15) is 12.4 Å². The highest BCUT2D eigenvalue weighted by atomic mass is 16.2. The van der Waals surface area contributed by atoms with Crippen LogP contribution in [0.1, 0.15) is 31.0 Å². The van der Waals surface area contributed by atoms with Gasteiger partial charge >= 0.3 is 0 Å². The van der Waals surface area contributed by atoms with E-state index in [1.807, 2.05) is 62.4 Å². The van der Waals surface area contributed by atoms with Gasteiger partial charge in [0.2, 0.25) is 11.9 Å². The van der Waals surface area contributed by atoms with Crippen LogP contribution in [0, 0.1) is 6.92 Å². The number of anilines is 3. The maximum absolute atomic E-state index is 13.3. The predicted molar refractivity (Wildman–Crippen MR) is 115 cm³/mol. The van der Waals surface area contributed by atoms with Gasteiger partial charge in [-0.1, -0.05) is 30.3 Å². The highest BCUT2D eigenvalue weighted by molar-refractivity contribution is 6.06. The number of carbonyl (C=O) groups is 2. The molecule has 0 unspecified atom stereocenters. The number of allylic oxidation sites excluding steroid dienone is 1. The molecule has 2 heterocycles. The average molecular weight is 402 g/mol. The van der Waals surface area contributed by atoms with E-state index in [9.17, 15) is 9.59 Å². The van der Waals surface area contributed by atoms with Gasteiger partial charge < -0.3 is 16.0 Å². The number of aromatic nitrogens is 3. The van der Waals surface area contributed by atoms with Gasteiger partial charge in [-0.15, -0.1) is 0 Å². The Morgan fingerprint density at radius 3 is 2.47 bits per heavy atom. The van der Waals surface area contributed by atoms with Crippen LogP contribution >= 0.6 is 0 Å². The normalized spacial score (nSPS) is 15.2. The van der Waals surface area contributed by atoms with Gasteiger partial charge in [-0.25, -0.2) is 4.68 Å². The zero-order chi connectivity index (χ0) is 21.3. The SMILES string of the molecule is CC(=O)Nc1ccc([C@H]2C(C(=O)Nc3ccccc3C)=C(C)Nc3ncnn32)cc1. The van der Waals surface area contributed by atoms with Gasteiger partial charge in [0.05, 0.1) is 5.57 Å². The Morgan fingerprint density at radius 1 is 1.03 bits per heavy atom. The summed E-state index contributed by atoms with van der Waals surface area (Å²) in [5.74, 6) is 0.208. The lowest BCUT2D eigenvalue weighted by Crippen LogP contribution is -2.31. The Balaban J connectivity index is 1.73. The molecule has 0 saturated carbocycles. The Hall–Kier alpha value is -3.94.